The molecule has 1 heterocycles. The van der Waals surface area contributed by atoms with Gasteiger partial charge in [-0.1, -0.05) is 31.2 Å². The van der Waals surface area contributed by atoms with Crippen molar-refractivity contribution in [2.75, 3.05) is 14.2 Å². The van der Waals surface area contributed by atoms with Gasteiger partial charge in [0, 0.05) is 30.4 Å². The van der Waals surface area contributed by atoms with Crippen LogP contribution in [0.5, 0.6) is 17.4 Å². The highest BCUT2D eigenvalue weighted by Gasteiger charge is 2.28. The number of hydrogen-bond acceptors (Lipinski definition) is 6. The molecule has 0 saturated heterocycles. The molecule has 3 aromatic rings. The SMILES string of the molecule is CCC(=O)c1ccc(Cc2nc3c(c(OC4CCCC4)n2)C(c2ccc(OC)c(C)c2)=CC3)c(OC)c1. The van der Waals surface area contributed by atoms with Crippen LogP contribution in [0.3, 0.4) is 0 Å². The third-order valence-electron chi connectivity index (χ3n) is 7.33. The van der Waals surface area contributed by atoms with Crippen LogP contribution in [-0.4, -0.2) is 36.1 Å². The Balaban J connectivity index is 1.52. The van der Waals surface area contributed by atoms with Crippen LogP contribution in [0.1, 0.15) is 83.2 Å². The zero-order valence-electron chi connectivity index (χ0n) is 22.1. The van der Waals surface area contributed by atoms with Crippen molar-refractivity contribution in [3.8, 4) is 17.4 Å². The van der Waals surface area contributed by atoms with Gasteiger partial charge in [0.1, 0.15) is 23.4 Å². The molecule has 2 aromatic carbocycles. The minimum atomic E-state index is 0.0956. The van der Waals surface area contributed by atoms with Crippen LogP contribution in [-0.2, 0) is 12.8 Å². The number of nitrogens with zero attached hydrogens (tertiary/aromatic N) is 2. The largest absolute Gasteiger partial charge is 0.496 e. The number of aryl methyl sites for hydroxylation is 1. The van der Waals surface area contributed by atoms with E-state index in [1.165, 1.54) is 12.8 Å². The van der Waals surface area contributed by atoms with Crippen LogP contribution in [0.15, 0.2) is 42.5 Å². The maximum Gasteiger partial charge on any atom is 0.225 e. The molecule has 192 valence electrons. The highest BCUT2D eigenvalue weighted by Crippen LogP contribution is 2.40. The topological polar surface area (TPSA) is 70.5 Å². The molecule has 0 radical (unpaired) electrons. The van der Waals surface area contributed by atoms with E-state index in [1.54, 1.807) is 14.2 Å². The van der Waals surface area contributed by atoms with Gasteiger partial charge < -0.3 is 14.2 Å². The molecule has 0 unspecified atom stereocenters. The van der Waals surface area contributed by atoms with Crippen LogP contribution >= 0.6 is 0 Å². The quantitative estimate of drug-likeness (QED) is 0.323. The number of aromatic nitrogens is 2. The summed E-state index contributed by atoms with van der Waals surface area (Å²) in [7, 11) is 3.32. The number of ketones is 1. The van der Waals surface area contributed by atoms with Crippen LogP contribution in [0.25, 0.3) is 5.57 Å². The Hall–Kier alpha value is -3.67. The summed E-state index contributed by atoms with van der Waals surface area (Å²) in [4.78, 5) is 22.1. The monoisotopic (exact) mass is 498 g/mol. The second-order valence-corrected chi connectivity index (χ2v) is 9.78. The lowest BCUT2D eigenvalue weighted by Gasteiger charge is -2.18. The summed E-state index contributed by atoms with van der Waals surface area (Å²) < 4.78 is 17.6. The minimum Gasteiger partial charge on any atom is -0.496 e. The average Bonchev–Trinajstić information content (AvgIpc) is 3.58. The number of ether oxygens (including phenoxy) is 3. The Morgan fingerprint density at radius 1 is 1.00 bits per heavy atom. The Kier molecular flexibility index (Phi) is 7.26. The number of fused-ring (bicyclic) bond motifs is 1. The summed E-state index contributed by atoms with van der Waals surface area (Å²) in [5.41, 5.74) is 6.89. The zero-order chi connectivity index (χ0) is 25.9. The van der Waals surface area contributed by atoms with E-state index in [-0.39, 0.29) is 11.9 Å². The average molecular weight is 499 g/mol. The van der Waals surface area contributed by atoms with Crippen molar-refractivity contribution < 1.29 is 19.0 Å². The molecular formula is C31H34N2O4. The molecule has 0 amide bonds. The van der Waals surface area contributed by atoms with Crippen molar-refractivity contribution in [3.63, 3.8) is 0 Å². The molecular weight excluding hydrogens is 464 g/mol. The van der Waals surface area contributed by atoms with Gasteiger partial charge in [0.15, 0.2) is 5.78 Å². The third kappa shape index (κ3) is 5.10. The molecule has 0 N–H and O–H groups in total. The third-order valence-corrected chi connectivity index (χ3v) is 7.33. The van der Waals surface area contributed by atoms with Gasteiger partial charge in [-0.2, -0.15) is 4.98 Å². The van der Waals surface area contributed by atoms with E-state index in [0.29, 0.717) is 35.9 Å². The standard InChI is InChI=1S/C31H34N2O4/c1-5-26(34)21-10-11-22(28(17-21)36-4)18-29-32-25-14-13-24(20-12-15-27(35-3)19(2)16-20)30(25)31(33-29)37-23-8-6-7-9-23/h10-13,15-17,23H,5-9,14,18H2,1-4H3. The molecule has 6 heteroatoms. The van der Waals surface area contributed by atoms with E-state index in [9.17, 15) is 4.79 Å². The number of hydrogen-bond donors (Lipinski definition) is 0. The number of carbonyl (C=O) groups is 1. The van der Waals surface area contributed by atoms with Crippen molar-refractivity contribution in [2.24, 2.45) is 0 Å². The fraction of sp³-hybridized carbons (Fsp3) is 0.387. The van der Waals surface area contributed by atoms with E-state index in [1.807, 2.05) is 31.2 Å². The van der Waals surface area contributed by atoms with Gasteiger partial charge in [-0.25, -0.2) is 4.98 Å². The molecule has 1 saturated carbocycles. The zero-order valence-corrected chi connectivity index (χ0v) is 22.1. The summed E-state index contributed by atoms with van der Waals surface area (Å²) in [6, 6.07) is 11.9. The summed E-state index contributed by atoms with van der Waals surface area (Å²) in [5, 5.41) is 0. The van der Waals surface area contributed by atoms with Crippen molar-refractivity contribution in [2.45, 2.75) is 64.9 Å². The van der Waals surface area contributed by atoms with Crippen LogP contribution in [0.4, 0.5) is 0 Å². The predicted molar refractivity (Wildman–Crippen MR) is 144 cm³/mol. The molecule has 2 aliphatic carbocycles. The maximum atomic E-state index is 12.2. The molecule has 5 rings (SSSR count). The van der Waals surface area contributed by atoms with E-state index in [2.05, 4.69) is 25.1 Å². The number of methoxy groups -OCH3 is 2. The first-order valence-corrected chi connectivity index (χ1v) is 13.1. The Labute approximate surface area is 218 Å². The smallest absolute Gasteiger partial charge is 0.225 e. The van der Waals surface area contributed by atoms with Gasteiger partial charge >= 0.3 is 0 Å². The van der Waals surface area contributed by atoms with Crippen LogP contribution in [0, 0.1) is 6.92 Å². The number of carbonyl (C=O) groups excluding carboxylic acids is 1. The Morgan fingerprint density at radius 3 is 2.49 bits per heavy atom. The van der Waals surface area contributed by atoms with Crippen molar-refractivity contribution in [1.82, 2.24) is 9.97 Å². The van der Waals surface area contributed by atoms with Crippen LogP contribution < -0.4 is 14.2 Å². The molecule has 0 atom stereocenters. The van der Waals surface area contributed by atoms with E-state index < -0.39 is 0 Å². The fourth-order valence-electron chi connectivity index (χ4n) is 5.33. The lowest BCUT2D eigenvalue weighted by Crippen LogP contribution is -2.15. The van der Waals surface area contributed by atoms with E-state index >= 15 is 0 Å². The Morgan fingerprint density at radius 2 is 1.78 bits per heavy atom. The minimum absolute atomic E-state index is 0.0956. The van der Waals surface area contributed by atoms with Gasteiger partial charge in [0.05, 0.1) is 25.5 Å². The van der Waals surface area contributed by atoms with E-state index in [4.69, 9.17) is 24.2 Å². The molecule has 6 nitrogen and oxygen atoms in total. The van der Waals surface area contributed by atoms with Gasteiger partial charge in [0.2, 0.25) is 5.88 Å². The highest BCUT2D eigenvalue weighted by molar-refractivity contribution is 5.96. The van der Waals surface area contributed by atoms with Crippen LogP contribution in [0.2, 0.25) is 0 Å². The number of rotatable bonds is 9. The molecule has 0 spiro atoms. The van der Waals surface area contributed by atoms with Gasteiger partial charge in [-0.3, -0.25) is 4.79 Å². The lowest BCUT2D eigenvalue weighted by molar-refractivity contribution is 0.0988. The number of Topliss-reactive ketones (excluding diaryl/α,β-unsaturated/α-hetero) is 1. The van der Waals surface area contributed by atoms with Gasteiger partial charge in [-0.05, 0) is 67.5 Å². The Bertz CT molecular complexity index is 1360. The first-order chi connectivity index (χ1) is 18.0. The summed E-state index contributed by atoms with van der Waals surface area (Å²) >= 11 is 0. The van der Waals surface area contributed by atoms with Crippen molar-refractivity contribution >= 4 is 11.4 Å². The normalized spacial score (nSPS) is 14.9. The lowest BCUT2D eigenvalue weighted by atomic mass is 9.99. The first kappa shape index (κ1) is 25.0. The second kappa shape index (κ2) is 10.8. The summed E-state index contributed by atoms with van der Waals surface area (Å²) in [6.07, 6.45) is 8.56. The number of allylic oxidation sites excluding steroid dienone is 1. The molecule has 37 heavy (non-hydrogen) atoms. The molecule has 0 bridgehead atoms. The molecule has 1 fully saturated rings. The highest BCUT2D eigenvalue weighted by atomic mass is 16.5. The maximum absolute atomic E-state index is 12.2. The summed E-state index contributed by atoms with van der Waals surface area (Å²) in [6.45, 7) is 3.92. The van der Waals surface area contributed by atoms with E-state index in [0.717, 1.165) is 58.5 Å². The second-order valence-electron chi connectivity index (χ2n) is 9.78. The first-order valence-electron chi connectivity index (χ1n) is 13.1. The van der Waals surface area contributed by atoms with Gasteiger partial charge in [-0.15, -0.1) is 0 Å². The van der Waals surface area contributed by atoms with Crippen molar-refractivity contribution in [1.29, 1.82) is 0 Å². The molecule has 0 aliphatic heterocycles. The molecule has 1 aromatic heterocycles. The number of benzene rings is 2. The summed E-state index contributed by atoms with van der Waals surface area (Å²) in [5.74, 6) is 3.01. The molecule has 2 aliphatic rings. The fourth-order valence-corrected chi connectivity index (χ4v) is 5.33. The predicted octanol–water partition coefficient (Wildman–Crippen LogP) is 6.29. The van der Waals surface area contributed by atoms with Crippen molar-refractivity contribution in [3.05, 3.63) is 81.8 Å². The van der Waals surface area contributed by atoms with Gasteiger partial charge in [0.25, 0.3) is 0 Å².